The molecule has 0 aliphatic carbocycles. The number of rotatable bonds is 6. The van der Waals surface area contributed by atoms with Gasteiger partial charge in [0.1, 0.15) is 0 Å². The third-order valence-electron chi connectivity index (χ3n) is 3.41. The highest BCUT2D eigenvalue weighted by Gasteiger charge is 2.12. The highest BCUT2D eigenvalue weighted by atomic mass is 16.5. The van der Waals surface area contributed by atoms with Crippen LogP contribution in [0.1, 0.15) is 24.8 Å². The normalized spacial score (nSPS) is 17.2. The van der Waals surface area contributed by atoms with Gasteiger partial charge in [-0.15, -0.1) is 0 Å². The lowest BCUT2D eigenvalue weighted by Gasteiger charge is -2.22. The summed E-state index contributed by atoms with van der Waals surface area (Å²) in [4.78, 5) is 0. The van der Waals surface area contributed by atoms with E-state index in [0.29, 0.717) is 0 Å². The van der Waals surface area contributed by atoms with E-state index < -0.39 is 0 Å². The smallest absolute Gasteiger partial charge is 0.0495 e. The lowest BCUT2D eigenvalue weighted by molar-refractivity contribution is 0.0863. The van der Waals surface area contributed by atoms with E-state index in [1.807, 2.05) is 0 Å². The topological polar surface area (TPSA) is 21.3 Å². The van der Waals surface area contributed by atoms with Crippen LogP contribution in [-0.4, -0.2) is 26.3 Å². The van der Waals surface area contributed by atoms with E-state index in [1.54, 1.807) is 0 Å². The summed E-state index contributed by atoms with van der Waals surface area (Å²) in [5.74, 6) is 0.785. The highest BCUT2D eigenvalue weighted by Crippen LogP contribution is 2.12. The van der Waals surface area contributed by atoms with Gasteiger partial charge in [-0.25, -0.2) is 0 Å². The molecule has 1 aliphatic rings. The van der Waals surface area contributed by atoms with Crippen LogP contribution in [0.15, 0.2) is 30.3 Å². The van der Waals surface area contributed by atoms with Gasteiger partial charge >= 0.3 is 0 Å². The summed E-state index contributed by atoms with van der Waals surface area (Å²) in [7, 11) is 0. The average Bonchev–Trinajstić information content (AvgIpc) is 2.41. The number of ether oxygens (including phenoxy) is 1. The molecule has 1 aromatic rings. The Kier molecular flexibility index (Phi) is 5.53. The third kappa shape index (κ3) is 4.88. The molecule has 2 heteroatoms. The fourth-order valence-electron chi connectivity index (χ4n) is 2.32. The standard InChI is InChI=1S/C15H23NO/c1-2-5-14(6-3-1)7-4-12-17-13-15-8-10-16-11-9-15/h1-3,5-6,15-16H,4,7-13H2. The minimum absolute atomic E-state index is 0.785. The summed E-state index contributed by atoms with van der Waals surface area (Å²) in [6, 6.07) is 10.6. The summed E-state index contributed by atoms with van der Waals surface area (Å²) in [5, 5.41) is 3.38. The van der Waals surface area contributed by atoms with Gasteiger partial charge in [-0.05, 0) is 50.3 Å². The van der Waals surface area contributed by atoms with Gasteiger partial charge in [-0.2, -0.15) is 0 Å². The van der Waals surface area contributed by atoms with Crippen LogP contribution in [0, 0.1) is 5.92 Å². The van der Waals surface area contributed by atoms with Crippen molar-refractivity contribution in [3.8, 4) is 0 Å². The first-order chi connectivity index (χ1) is 8.45. The van der Waals surface area contributed by atoms with Crippen molar-refractivity contribution in [2.75, 3.05) is 26.3 Å². The van der Waals surface area contributed by atoms with Crippen molar-refractivity contribution in [1.82, 2.24) is 5.32 Å². The minimum atomic E-state index is 0.785. The Morgan fingerprint density at radius 1 is 1.12 bits per heavy atom. The van der Waals surface area contributed by atoms with Crippen LogP contribution in [0.2, 0.25) is 0 Å². The molecule has 0 spiro atoms. The van der Waals surface area contributed by atoms with E-state index in [1.165, 1.54) is 18.4 Å². The molecule has 0 amide bonds. The van der Waals surface area contributed by atoms with Crippen molar-refractivity contribution in [2.45, 2.75) is 25.7 Å². The summed E-state index contributed by atoms with van der Waals surface area (Å²) in [6.07, 6.45) is 4.82. The molecule has 1 aromatic carbocycles. The molecule has 0 aromatic heterocycles. The fourth-order valence-corrected chi connectivity index (χ4v) is 2.32. The van der Waals surface area contributed by atoms with Crippen molar-refractivity contribution in [3.05, 3.63) is 35.9 Å². The number of hydrogen-bond acceptors (Lipinski definition) is 2. The summed E-state index contributed by atoms with van der Waals surface area (Å²) >= 11 is 0. The molecule has 2 rings (SSSR count). The van der Waals surface area contributed by atoms with Crippen molar-refractivity contribution in [1.29, 1.82) is 0 Å². The van der Waals surface area contributed by atoms with Crippen LogP contribution in [0.4, 0.5) is 0 Å². The molecular formula is C15H23NO. The van der Waals surface area contributed by atoms with E-state index >= 15 is 0 Å². The Balaban J connectivity index is 1.51. The molecular weight excluding hydrogens is 210 g/mol. The zero-order valence-electron chi connectivity index (χ0n) is 10.5. The van der Waals surface area contributed by atoms with Crippen molar-refractivity contribution in [2.24, 2.45) is 5.92 Å². The van der Waals surface area contributed by atoms with Gasteiger partial charge in [-0.1, -0.05) is 30.3 Å². The van der Waals surface area contributed by atoms with E-state index in [4.69, 9.17) is 4.74 Å². The van der Waals surface area contributed by atoms with Crippen LogP contribution in [-0.2, 0) is 11.2 Å². The predicted octanol–water partition coefficient (Wildman–Crippen LogP) is 2.64. The number of benzene rings is 1. The molecule has 1 saturated heterocycles. The Hall–Kier alpha value is -0.860. The Morgan fingerprint density at radius 2 is 1.88 bits per heavy atom. The summed E-state index contributed by atoms with van der Waals surface area (Å²) in [6.45, 7) is 4.19. The van der Waals surface area contributed by atoms with Crippen LogP contribution in [0.5, 0.6) is 0 Å². The summed E-state index contributed by atoms with van der Waals surface area (Å²) < 4.78 is 5.77. The first-order valence-corrected chi connectivity index (χ1v) is 6.77. The number of piperidine rings is 1. The molecule has 1 N–H and O–H groups in total. The average molecular weight is 233 g/mol. The second kappa shape index (κ2) is 7.46. The monoisotopic (exact) mass is 233 g/mol. The Morgan fingerprint density at radius 3 is 2.65 bits per heavy atom. The molecule has 0 radical (unpaired) electrons. The van der Waals surface area contributed by atoms with Crippen molar-refractivity contribution < 1.29 is 4.74 Å². The van der Waals surface area contributed by atoms with Gasteiger partial charge in [-0.3, -0.25) is 0 Å². The molecule has 0 unspecified atom stereocenters. The van der Waals surface area contributed by atoms with Gasteiger partial charge in [0, 0.05) is 13.2 Å². The summed E-state index contributed by atoms with van der Waals surface area (Å²) in [5.41, 5.74) is 1.41. The Labute approximate surface area is 104 Å². The van der Waals surface area contributed by atoms with Gasteiger partial charge in [0.15, 0.2) is 0 Å². The molecule has 0 atom stereocenters. The van der Waals surface area contributed by atoms with Crippen LogP contribution < -0.4 is 5.32 Å². The van der Waals surface area contributed by atoms with Gasteiger partial charge in [0.25, 0.3) is 0 Å². The number of aryl methyl sites for hydroxylation is 1. The molecule has 0 bridgehead atoms. The number of nitrogens with one attached hydrogen (secondary N) is 1. The molecule has 17 heavy (non-hydrogen) atoms. The zero-order chi connectivity index (χ0) is 11.8. The van der Waals surface area contributed by atoms with E-state index in [2.05, 4.69) is 35.6 Å². The van der Waals surface area contributed by atoms with Gasteiger partial charge in [0.2, 0.25) is 0 Å². The van der Waals surface area contributed by atoms with Gasteiger partial charge in [0.05, 0.1) is 0 Å². The van der Waals surface area contributed by atoms with Gasteiger partial charge < -0.3 is 10.1 Å². The van der Waals surface area contributed by atoms with Crippen molar-refractivity contribution in [3.63, 3.8) is 0 Å². The van der Waals surface area contributed by atoms with E-state index in [0.717, 1.165) is 45.1 Å². The first-order valence-electron chi connectivity index (χ1n) is 6.77. The van der Waals surface area contributed by atoms with E-state index in [-0.39, 0.29) is 0 Å². The van der Waals surface area contributed by atoms with Crippen LogP contribution in [0.25, 0.3) is 0 Å². The lowest BCUT2D eigenvalue weighted by Crippen LogP contribution is -2.30. The second-order valence-electron chi connectivity index (χ2n) is 4.86. The molecule has 2 nitrogen and oxygen atoms in total. The minimum Gasteiger partial charge on any atom is -0.381 e. The molecule has 1 fully saturated rings. The molecule has 1 aliphatic heterocycles. The molecule has 94 valence electrons. The maximum atomic E-state index is 5.77. The first kappa shape index (κ1) is 12.6. The fraction of sp³-hybridized carbons (Fsp3) is 0.600. The van der Waals surface area contributed by atoms with E-state index in [9.17, 15) is 0 Å². The van der Waals surface area contributed by atoms with Crippen LogP contribution >= 0.6 is 0 Å². The maximum Gasteiger partial charge on any atom is 0.0495 e. The molecule has 0 saturated carbocycles. The quantitative estimate of drug-likeness (QED) is 0.763. The number of hydrogen-bond donors (Lipinski definition) is 1. The second-order valence-corrected chi connectivity index (χ2v) is 4.86. The third-order valence-corrected chi connectivity index (χ3v) is 3.41. The molecule has 1 heterocycles. The maximum absolute atomic E-state index is 5.77. The lowest BCUT2D eigenvalue weighted by atomic mass is 9.99. The zero-order valence-corrected chi connectivity index (χ0v) is 10.5. The van der Waals surface area contributed by atoms with Crippen LogP contribution in [0.3, 0.4) is 0 Å². The predicted molar refractivity (Wildman–Crippen MR) is 71.2 cm³/mol. The highest BCUT2D eigenvalue weighted by molar-refractivity contribution is 5.14. The SMILES string of the molecule is c1ccc(CCCOCC2CCNCC2)cc1. The Bertz CT molecular complexity index is 293. The van der Waals surface area contributed by atoms with Crippen molar-refractivity contribution >= 4 is 0 Å². The largest absolute Gasteiger partial charge is 0.381 e.